The quantitative estimate of drug-likeness (QED) is 0.678. The van der Waals surface area contributed by atoms with Gasteiger partial charge in [0.2, 0.25) is 0 Å². The second-order valence-electron chi connectivity index (χ2n) is 5.95. The molecule has 104 valence electrons. The summed E-state index contributed by atoms with van der Waals surface area (Å²) < 4.78 is 0. The number of nitrogen functional groups attached to an aromatic ring is 1. The Hall–Kier alpha value is -0.970. The molecule has 0 aromatic carbocycles. The molecule has 1 aromatic heterocycles. The first-order valence-electron chi connectivity index (χ1n) is 7.05. The van der Waals surface area contributed by atoms with Gasteiger partial charge in [-0.3, -0.25) is 0 Å². The zero-order chi connectivity index (χ0) is 13.4. The van der Waals surface area contributed by atoms with Gasteiger partial charge in [-0.25, -0.2) is 9.97 Å². The van der Waals surface area contributed by atoms with Crippen molar-refractivity contribution >= 4 is 23.4 Å². The molecule has 19 heavy (non-hydrogen) atoms. The van der Waals surface area contributed by atoms with Crippen molar-refractivity contribution in [1.29, 1.82) is 0 Å². The smallest absolute Gasteiger partial charge is 0.191 e. The number of rotatable bonds is 4. The Morgan fingerprint density at radius 3 is 2.84 bits per heavy atom. The van der Waals surface area contributed by atoms with Crippen molar-refractivity contribution in [3.63, 3.8) is 0 Å². The zero-order valence-corrected chi connectivity index (χ0v) is 12.5. The molecule has 2 aliphatic carbocycles. The van der Waals surface area contributed by atoms with E-state index >= 15 is 0 Å². The molecule has 1 aromatic rings. The van der Waals surface area contributed by atoms with E-state index in [1.54, 1.807) is 11.8 Å². The molecule has 2 bridgehead atoms. The first-order chi connectivity index (χ1) is 9.15. The van der Waals surface area contributed by atoms with E-state index in [0.717, 1.165) is 35.3 Å². The Labute approximate surface area is 119 Å². The molecule has 2 N–H and O–H groups in total. The van der Waals surface area contributed by atoms with Crippen LogP contribution < -0.4 is 10.6 Å². The van der Waals surface area contributed by atoms with Crippen molar-refractivity contribution in [2.75, 3.05) is 30.5 Å². The summed E-state index contributed by atoms with van der Waals surface area (Å²) in [7, 11) is 2.12. The minimum absolute atomic E-state index is 0.564. The fraction of sp³-hybridized carbons (Fsp3) is 0.714. The Bertz CT molecular complexity index is 465. The minimum atomic E-state index is 0.564. The number of aromatic nitrogens is 2. The van der Waals surface area contributed by atoms with E-state index in [0.29, 0.717) is 5.82 Å². The van der Waals surface area contributed by atoms with Crippen molar-refractivity contribution < 1.29 is 0 Å². The molecule has 3 unspecified atom stereocenters. The van der Waals surface area contributed by atoms with Gasteiger partial charge in [-0.1, -0.05) is 18.2 Å². The van der Waals surface area contributed by atoms with Gasteiger partial charge in [0.15, 0.2) is 5.16 Å². The van der Waals surface area contributed by atoms with Crippen molar-refractivity contribution in [3.05, 3.63) is 6.07 Å². The number of hydrogen-bond donors (Lipinski definition) is 1. The number of nitrogens with two attached hydrogens (primary N) is 1. The predicted octanol–water partition coefficient (Wildman–Crippen LogP) is 2.65. The van der Waals surface area contributed by atoms with Crippen LogP contribution in [-0.4, -0.2) is 29.8 Å². The molecule has 0 spiro atoms. The van der Waals surface area contributed by atoms with Crippen LogP contribution in [0.1, 0.15) is 25.7 Å². The molecule has 2 saturated carbocycles. The van der Waals surface area contributed by atoms with Crippen molar-refractivity contribution in [1.82, 2.24) is 9.97 Å². The van der Waals surface area contributed by atoms with Gasteiger partial charge in [0.05, 0.1) is 0 Å². The van der Waals surface area contributed by atoms with Crippen LogP contribution in [0.15, 0.2) is 11.2 Å². The first-order valence-corrected chi connectivity index (χ1v) is 8.28. The largest absolute Gasteiger partial charge is 0.383 e. The average molecular weight is 278 g/mol. The highest BCUT2D eigenvalue weighted by atomic mass is 32.2. The van der Waals surface area contributed by atoms with Gasteiger partial charge in [0.1, 0.15) is 11.6 Å². The molecule has 1 heterocycles. The number of fused-ring (bicyclic) bond motifs is 2. The van der Waals surface area contributed by atoms with Crippen LogP contribution in [0.4, 0.5) is 11.6 Å². The van der Waals surface area contributed by atoms with Crippen molar-refractivity contribution in [3.8, 4) is 0 Å². The fourth-order valence-corrected chi connectivity index (χ4v) is 4.14. The highest BCUT2D eigenvalue weighted by Crippen LogP contribution is 2.48. The van der Waals surface area contributed by atoms with E-state index < -0.39 is 0 Å². The van der Waals surface area contributed by atoms with Crippen LogP contribution in [0.3, 0.4) is 0 Å². The molecule has 0 radical (unpaired) electrons. The van der Waals surface area contributed by atoms with Crippen LogP contribution in [0, 0.1) is 17.8 Å². The maximum absolute atomic E-state index is 5.85. The van der Waals surface area contributed by atoms with Crippen LogP contribution in [-0.2, 0) is 0 Å². The third-order valence-corrected chi connectivity index (χ3v) is 5.23. The normalized spacial score (nSPS) is 28.8. The lowest BCUT2D eigenvalue weighted by Crippen LogP contribution is -2.29. The van der Waals surface area contributed by atoms with E-state index in [9.17, 15) is 0 Å². The molecule has 4 nitrogen and oxygen atoms in total. The summed E-state index contributed by atoms with van der Waals surface area (Å²) in [4.78, 5) is 11.0. The Kier molecular flexibility index (Phi) is 3.56. The molecule has 5 heteroatoms. The fourth-order valence-electron chi connectivity index (χ4n) is 3.76. The average Bonchev–Trinajstić information content (AvgIpc) is 3.00. The van der Waals surface area contributed by atoms with Crippen LogP contribution in [0.25, 0.3) is 0 Å². The van der Waals surface area contributed by atoms with Gasteiger partial charge in [0, 0.05) is 19.7 Å². The molecule has 3 rings (SSSR count). The number of hydrogen-bond acceptors (Lipinski definition) is 5. The first kappa shape index (κ1) is 13.0. The lowest BCUT2D eigenvalue weighted by Gasteiger charge is -2.28. The third-order valence-electron chi connectivity index (χ3n) is 4.68. The minimum Gasteiger partial charge on any atom is -0.383 e. The molecule has 2 aliphatic rings. The molecular weight excluding hydrogens is 256 g/mol. The number of nitrogens with zero attached hydrogens (tertiary/aromatic N) is 3. The van der Waals surface area contributed by atoms with Crippen LogP contribution >= 0.6 is 11.8 Å². The van der Waals surface area contributed by atoms with Gasteiger partial charge >= 0.3 is 0 Å². The second kappa shape index (κ2) is 5.19. The zero-order valence-electron chi connectivity index (χ0n) is 11.7. The highest BCUT2D eigenvalue weighted by Gasteiger charge is 2.39. The van der Waals surface area contributed by atoms with Gasteiger partial charge < -0.3 is 10.6 Å². The molecule has 0 amide bonds. The number of anilines is 2. The Morgan fingerprint density at radius 1 is 1.37 bits per heavy atom. The van der Waals surface area contributed by atoms with E-state index in [4.69, 9.17) is 5.73 Å². The second-order valence-corrected chi connectivity index (χ2v) is 6.73. The summed E-state index contributed by atoms with van der Waals surface area (Å²) >= 11 is 1.54. The molecule has 0 saturated heterocycles. The Morgan fingerprint density at radius 2 is 2.21 bits per heavy atom. The third kappa shape index (κ3) is 2.66. The lowest BCUT2D eigenvalue weighted by atomic mass is 9.88. The lowest BCUT2D eigenvalue weighted by molar-refractivity contribution is 0.337. The van der Waals surface area contributed by atoms with Gasteiger partial charge in [-0.2, -0.15) is 0 Å². The summed E-state index contributed by atoms with van der Waals surface area (Å²) in [6, 6.07) is 1.88. The standard InChI is InChI=1S/C14H22N4S/c1-18(8-11-6-9-3-4-10(11)5-9)13-7-12(15)16-14(17-13)19-2/h7,9-11H,3-6,8H2,1-2H3,(H2,15,16,17). The SMILES string of the molecule is CSc1nc(N)cc(N(C)CC2CC3CCC2C3)n1. The summed E-state index contributed by atoms with van der Waals surface area (Å²) in [5, 5.41) is 0.759. The topological polar surface area (TPSA) is 55.0 Å². The van der Waals surface area contributed by atoms with Crippen molar-refractivity contribution in [2.24, 2.45) is 17.8 Å². The predicted molar refractivity (Wildman–Crippen MR) is 80.4 cm³/mol. The summed E-state index contributed by atoms with van der Waals surface area (Å²) in [5.74, 6) is 4.32. The van der Waals surface area contributed by atoms with Gasteiger partial charge in [-0.05, 0) is 43.3 Å². The monoisotopic (exact) mass is 278 g/mol. The van der Waals surface area contributed by atoms with E-state index in [-0.39, 0.29) is 0 Å². The maximum atomic E-state index is 5.85. The van der Waals surface area contributed by atoms with E-state index in [1.165, 1.54) is 25.7 Å². The van der Waals surface area contributed by atoms with Gasteiger partial charge in [0.25, 0.3) is 0 Å². The van der Waals surface area contributed by atoms with E-state index in [2.05, 4.69) is 21.9 Å². The highest BCUT2D eigenvalue weighted by molar-refractivity contribution is 7.98. The summed E-state index contributed by atoms with van der Waals surface area (Å²) in [6.45, 7) is 1.10. The summed E-state index contributed by atoms with van der Waals surface area (Å²) in [6.07, 6.45) is 7.74. The van der Waals surface area contributed by atoms with E-state index in [1.807, 2.05) is 12.3 Å². The Balaban J connectivity index is 1.70. The van der Waals surface area contributed by atoms with Crippen molar-refractivity contribution in [2.45, 2.75) is 30.8 Å². The molecule has 0 aliphatic heterocycles. The van der Waals surface area contributed by atoms with Gasteiger partial charge in [-0.15, -0.1) is 0 Å². The summed E-state index contributed by atoms with van der Waals surface area (Å²) in [5.41, 5.74) is 5.85. The maximum Gasteiger partial charge on any atom is 0.191 e. The van der Waals surface area contributed by atoms with Crippen LogP contribution in [0.2, 0.25) is 0 Å². The molecule has 2 fully saturated rings. The van der Waals surface area contributed by atoms with Crippen LogP contribution in [0.5, 0.6) is 0 Å². The molecular formula is C14H22N4S. The molecule has 3 atom stereocenters. The number of thioether (sulfide) groups is 1.